The molecular formula is C18H18FN3O4. The van der Waals surface area contributed by atoms with Crippen LogP contribution in [0.25, 0.3) is 0 Å². The molecule has 0 saturated carbocycles. The number of hydrogen-bond acceptors (Lipinski definition) is 4. The molecule has 8 heteroatoms. The van der Waals surface area contributed by atoms with E-state index >= 15 is 0 Å². The van der Waals surface area contributed by atoms with E-state index in [9.17, 15) is 18.8 Å². The Labute approximate surface area is 149 Å². The van der Waals surface area contributed by atoms with E-state index in [1.54, 1.807) is 36.4 Å². The lowest BCUT2D eigenvalue weighted by Crippen LogP contribution is -2.51. The molecule has 0 heterocycles. The van der Waals surface area contributed by atoms with E-state index in [0.29, 0.717) is 5.56 Å². The maximum Gasteiger partial charge on any atom is 0.276 e. The lowest BCUT2D eigenvalue weighted by molar-refractivity contribution is -0.130. The molecule has 0 radical (unpaired) electrons. The van der Waals surface area contributed by atoms with Crippen molar-refractivity contribution in [3.8, 4) is 5.75 Å². The largest absolute Gasteiger partial charge is 0.481 e. The second kappa shape index (κ2) is 9.16. The summed E-state index contributed by atoms with van der Waals surface area (Å²) in [5.74, 6) is -2.38. The van der Waals surface area contributed by atoms with Crippen LogP contribution in [0.5, 0.6) is 5.75 Å². The Bertz CT molecular complexity index is 783. The highest BCUT2D eigenvalue weighted by Crippen LogP contribution is 2.14. The minimum atomic E-state index is -0.879. The van der Waals surface area contributed by atoms with Crippen molar-refractivity contribution in [3.05, 3.63) is 66.0 Å². The monoisotopic (exact) mass is 359 g/mol. The van der Waals surface area contributed by atoms with Crippen LogP contribution in [0.1, 0.15) is 17.3 Å². The third-order valence-electron chi connectivity index (χ3n) is 3.30. The van der Waals surface area contributed by atoms with Crippen molar-refractivity contribution >= 4 is 17.7 Å². The number of benzene rings is 2. The summed E-state index contributed by atoms with van der Waals surface area (Å²) < 4.78 is 18.4. The van der Waals surface area contributed by atoms with Crippen LogP contribution in [-0.2, 0) is 9.59 Å². The van der Waals surface area contributed by atoms with Gasteiger partial charge in [-0.25, -0.2) is 4.39 Å². The number of hydrazine groups is 1. The average Bonchev–Trinajstić information content (AvgIpc) is 2.66. The predicted octanol–water partition coefficient (Wildman–Crippen LogP) is 1.17. The maximum absolute atomic E-state index is 13.4. The molecule has 0 aliphatic heterocycles. The fourth-order valence-electron chi connectivity index (χ4n) is 1.92. The highest BCUT2D eigenvalue weighted by Gasteiger charge is 2.17. The number of rotatable bonds is 6. The zero-order chi connectivity index (χ0) is 18.9. The Morgan fingerprint density at radius 3 is 2.35 bits per heavy atom. The first-order valence-electron chi connectivity index (χ1n) is 7.79. The fraction of sp³-hybridized carbons (Fsp3) is 0.167. The molecule has 3 amide bonds. The van der Waals surface area contributed by atoms with E-state index < -0.39 is 36.2 Å². The summed E-state index contributed by atoms with van der Waals surface area (Å²) in [6.07, 6.45) is 0. The van der Waals surface area contributed by atoms with Crippen LogP contribution in [0.4, 0.5) is 4.39 Å². The van der Waals surface area contributed by atoms with Crippen LogP contribution in [0.15, 0.2) is 54.6 Å². The van der Waals surface area contributed by atoms with Crippen LogP contribution >= 0.6 is 0 Å². The molecule has 1 atom stereocenters. The molecule has 0 aliphatic carbocycles. The number of halogens is 1. The third-order valence-corrected chi connectivity index (χ3v) is 3.30. The normalized spacial score (nSPS) is 11.2. The SMILES string of the molecule is C[C@H](NC(=O)c1ccccc1)C(=O)NNC(=O)COc1ccccc1F. The molecule has 0 bridgehead atoms. The summed E-state index contributed by atoms with van der Waals surface area (Å²) in [6, 6.07) is 13.2. The Morgan fingerprint density at radius 1 is 1.00 bits per heavy atom. The number of ether oxygens (including phenoxy) is 1. The molecule has 0 aromatic heterocycles. The Kier molecular flexibility index (Phi) is 6.67. The minimum Gasteiger partial charge on any atom is -0.481 e. The fourth-order valence-corrected chi connectivity index (χ4v) is 1.92. The van der Waals surface area contributed by atoms with Gasteiger partial charge in [0.15, 0.2) is 18.2 Å². The summed E-state index contributed by atoms with van der Waals surface area (Å²) in [5, 5.41) is 2.50. The van der Waals surface area contributed by atoms with Crippen LogP contribution in [-0.4, -0.2) is 30.4 Å². The van der Waals surface area contributed by atoms with Gasteiger partial charge in [0.25, 0.3) is 17.7 Å². The van der Waals surface area contributed by atoms with Gasteiger partial charge in [0, 0.05) is 5.56 Å². The van der Waals surface area contributed by atoms with Gasteiger partial charge in [0.1, 0.15) is 6.04 Å². The summed E-state index contributed by atoms with van der Waals surface area (Å²) >= 11 is 0. The van der Waals surface area contributed by atoms with Crippen LogP contribution in [0, 0.1) is 5.82 Å². The summed E-state index contributed by atoms with van der Waals surface area (Å²) in [4.78, 5) is 35.5. The van der Waals surface area contributed by atoms with Crippen molar-refractivity contribution in [2.24, 2.45) is 0 Å². The van der Waals surface area contributed by atoms with Gasteiger partial charge >= 0.3 is 0 Å². The minimum absolute atomic E-state index is 0.0718. The van der Waals surface area contributed by atoms with Crippen LogP contribution in [0.3, 0.4) is 0 Å². The highest BCUT2D eigenvalue weighted by atomic mass is 19.1. The molecule has 26 heavy (non-hydrogen) atoms. The standard InChI is InChI=1S/C18H18FN3O4/c1-12(20-18(25)13-7-3-2-4-8-13)17(24)22-21-16(23)11-26-15-10-6-5-9-14(15)19/h2-10,12H,11H2,1H3,(H,20,25)(H,21,23)(H,22,24)/t12-/m0/s1. The molecule has 0 aliphatic rings. The summed E-state index contributed by atoms with van der Waals surface area (Å²) in [6.45, 7) is 0.990. The van der Waals surface area contributed by atoms with E-state index in [0.717, 1.165) is 0 Å². The highest BCUT2D eigenvalue weighted by molar-refractivity contribution is 5.97. The third kappa shape index (κ3) is 5.59. The Hall–Kier alpha value is -3.42. The van der Waals surface area contributed by atoms with Gasteiger partial charge in [-0.2, -0.15) is 0 Å². The molecule has 0 spiro atoms. The quantitative estimate of drug-likeness (QED) is 0.675. The Morgan fingerprint density at radius 2 is 1.65 bits per heavy atom. The predicted molar refractivity (Wildman–Crippen MR) is 91.6 cm³/mol. The van der Waals surface area contributed by atoms with Crippen molar-refractivity contribution in [3.63, 3.8) is 0 Å². The van der Waals surface area contributed by atoms with Gasteiger partial charge < -0.3 is 10.1 Å². The van der Waals surface area contributed by atoms with Crippen molar-refractivity contribution in [1.82, 2.24) is 16.2 Å². The van der Waals surface area contributed by atoms with Gasteiger partial charge in [0.05, 0.1) is 0 Å². The van der Waals surface area contributed by atoms with Crippen molar-refractivity contribution in [1.29, 1.82) is 0 Å². The second-order valence-corrected chi connectivity index (χ2v) is 5.32. The Balaban J connectivity index is 1.74. The van der Waals surface area contributed by atoms with Crippen molar-refractivity contribution < 1.29 is 23.5 Å². The summed E-state index contributed by atoms with van der Waals surface area (Å²) in [5.41, 5.74) is 4.70. The van der Waals surface area contributed by atoms with Gasteiger partial charge in [-0.05, 0) is 31.2 Å². The van der Waals surface area contributed by atoms with E-state index in [1.165, 1.54) is 25.1 Å². The zero-order valence-electron chi connectivity index (χ0n) is 14.0. The van der Waals surface area contributed by atoms with Crippen LogP contribution in [0.2, 0.25) is 0 Å². The van der Waals surface area contributed by atoms with Crippen LogP contribution < -0.4 is 20.9 Å². The number of carbonyl (C=O) groups is 3. The lowest BCUT2D eigenvalue weighted by Gasteiger charge is -2.15. The van der Waals surface area contributed by atoms with Crippen molar-refractivity contribution in [2.45, 2.75) is 13.0 Å². The molecule has 7 nitrogen and oxygen atoms in total. The van der Waals surface area contributed by atoms with E-state index in [-0.39, 0.29) is 5.75 Å². The van der Waals surface area contributed by atoms with E-state index in [1.807, 2.05) is 0 Å². The first-order chi connectivity index (χ1) is 12.5. The van der Waals surface area contributed by atoms with E-state index in [4.69, 9.17) is 4.74 Å². The average molecular weight is 359 g/mol. The zero-order valence-corrected chi connectivity index (χ0v) is 14.0. The number of nitrogens with one attached hydrogen (secondary N) is 3. The first-order valence-corrected chi connectivity index (χ1v) is 7.79. The number of amides is 3. The second-order valence-electron chi connectivity index (χ2n) is 5.32. The molecule has 0 saturated heterocycles. The number of para-hydroxylation sites is 1. The molecule has 2 rings (SSSR count). The molecule has 2 aromatic rings. The number of carbonyl (C=O) groups excluding carboxylic acids is 3. The molecule has 3 N–H and O–H groups in total. The topological polar surface area (TPSA) is 96.5 Å². The molecular weight excluding hydrogens is 341 g/mol. The van der Waals surface area contributed by atoms with Gasteiger partial charge in [0.2, 0.25) is 0 Å². The smallest absolute Gasteiger partial charge is 0.276 e. The van der Waals surface area contributed by atoms with Crippen molar-refractivity contribution in [2.75, 3.05) is 6.61 Å². The van der Waals surface area contributed by atoms with Gasteiger partial charge in [-0.1, -0.05) is 30.3 Å². The van der Waals surface area contributed by atoms with Gasteiger partial charge in [-0.3, -0.25) is 25.2 Å². The maximum atomic E-state index is 13.4. The lowest BCUT2D eigenvalue weighted by atomic mass is 10.2. The molecule has 0 fully saturated rings. The molecule has 0 unspecified atom stereocenters. The summed E-state index contributed by atoms with van der Waals surface area (Å²) in [7, 11) is 0. The van der Waals surface area contributed by atoms with Gasteiger partial charge in [-0.15, -0.1) is 0 Å². The number of hydrogen-bond donors (Lipinski definition) is 3. The molecule has 136 valence electrons. The molecule has 2 aromatic carbocycles. The van der Waals surface area contributed by atoms with E-state index in [2.05, 4.69) is 16.2 Å². The first kappa shape index (κ1) is 18.9.